The SMILES string of the molecule is c1n[nH]c(Sc2ncnc3sc4c(c23)CCCC4)n1. The molecule has 0 atom stereocenters. The van der Waals surface area contributed by atoms with E-state index in [0.29, 0.717) is 0 Å². The Morgan fingerprint density at radius 2 is 2.05 bits per heavy atom. The molecule has 1 aliphatic carbocycles. The minimum absolute atomic E-state index is 0.774. The van der Waals surface area contributed by atoms with Gasteiger partial charge in [0, 0.05) is 10.3 Å². The first-order valence-electron chi connectivity index (χ1n) is 6.20. The highest BCUT2D eigenvalue weighted by molar-refractivity contribution is 7.99. The van der Waals surface area contributed by atoms with E-state index in [2.05, 4.69) is 25.1 Å². The van der Waals surface area contributed by atoms with Gasteiger partial charge in [-0.1, -0.05) is 0 Å². The van der Waals surface area contributed by atoms with Crippen LogP contribution in [0, 0.1) is 0 Å². The van der Waals surface area contributed by atoms with Gasteiger partial charge in [-0.15, -0.1) is 11.3 Å². The number of aryl methyl sites for hydroxylation is 2. The summed E-state index contributed by atoms with van der Waals surface area (Å²) in [7, 11) is 0. The van der Waals surface area contributed by atoms with E-state index in [-0.39, 0.29) is 0 Å². The highest BCUT2D eigenvalue weighted by Gasteiger charge is 2.20. The van der Waals surface area contributed by atoms with Crippen LogP contribution < -0.4 is 0 Å². The molecule has 5 nitrogen and oxygen atoms in total. The second-order valence-electron chi connectivity index (χ2n) is 4.46. The molecule has 0 fully saturated rings. The van der Waals surface area contributed by atoms with Crippen molar-refractivity contribution in [3.05, 3.63) is 23.1 Å². The fourth-order valence-electron chi connectivity index (χ4n) is 2.47. The molecular weight excluding hydrogens is 278 g/mol. The lowest BCUT2D eigenvalue weighted by atomic mass is 9.97. The molecular formula is C12H11N5S2. The van der Waals surface area contributed by atoms with Crippen molar-refractivity contribution in [2.24, 2.45) is 0 Å². The van der Waals surface area contributed by atoms with Crippen molar-refractivity contribution in [2.75, 3.05) is 0 Å². The Bertz CT molecular complexity index is 719. The molecule has 0 amide bonds. The molecule has 0 spiro atoms. The second kappa shape index (κ2) is 4.57. The lowest BCUT2D eigenvalue weighted by molar-refractivity contribution is 0.699. The lowest BCUT2D eigenvalue weighted by Gasteiger charge is -2.10. The van der Waals surface area contributed by atoms with Crippen LogP contribution in [0.15, 0.2) is 22.8 Å². The van der Waals surface area contributed by atoms with Crippen LogP contribution in [0.4, 0.5) is 0 Å². The summed E-state index contributed by atoms with van der Waals surface area (Å²) in [6.07, 6.45) is 8.04. The maximum Gasteiger partial charge on any atom is 0.189 e. The number of aromatic nitrogens is 5. The van der Waals surface area contributed by atoms with Gasteiger partial charge in [-0.3, -0.25) is 5.10 Å². The third-order valence-electron chi connectivity index (χ3n) is 3.30. The summed E-state index contributed by atoms with van der Waals surface area (Å²) in [5.41, 5.74) is 1.45. The molecule has 0 saturated heterocycles. The molecule has 0 bridgehead atoms. The van der Waals surface area contributed by atoms with Crippen LogP contribution in [0.3, 0.4) is 0 Å². The Morgan fingerprint density at radius 1 is 1.11 bits per heavy atom. The largest absolute Gasteiger partial charge is 0.254 e. The summed E-state index contributed by atoms with van der Waals surface area (Å²) in [5.74, 6) is 0. The number of thiophene rings is 1. The number of aromatic amines is 1. The first-order chi connectivity index (χ1) is 9.42. The van der Waals surface area contributed by atoms with Crippen molar-refractivity contribution < 1.29 is 0 Å². The average molecular weight is 289 g/mol. The molecule has 0 saturated carbocycles. The summed E-state index contributed by atoms with van der Waals surface area (Å²) in [6, 6.07) is 0. The van der Waals surface area contributed by atoms with E-state index in [1.165, 1.54) is 53.2 Å². The molecule has 0 aromatic carbocycles. The predicted molar refractivity (Wildman–Crippen MR) is 74.6 cm³/mol. The Kier molecular flexibility index (Phi) is 2.73. The lowest BCUT2D eigenvalue weighted by Crippen LogP contribution is -1.99. The molecule has 3 aromatic heterocycles. The number of H-pyrrole nitrogens is 1. The van der Waals surface area contributed by atoms with Crippen molar-refractivity contribution in [2.45, 2.75) is 35.9 Å². The van der Waals surface area contributed by atoms with Crippen LogP contribution in [-0.2, 0) is 12.8 Å². The van der Waals surface area contributed by atoms with Gasteiger partial charge in [0.1, 0.15) is 22.5 Å². The molecule has 0 aliphatic heterocycles. The number of rotatable bonds is 2. The normalized spacial score (nSPS) is 14.7. The van der Waals surface area contributed by atoms with Crippen LogP contribution in [0.2, 0.25) is 0 Å². The van der Waals surface area contributed by atoms with Crippen LogP contribution in [0.5, 0.6) is 0 Å². The van der Waals surface area contributed by atoms with Gasteiger partial charge < -0.3 is 0 Å². The van der Waals surface area contributed by atoms with Gasteiger partial charge in [-0.05, 0) is 43.0 Å². The highest BCUT2D eigenvalue weighted by Crippen LogP contribution is 2.40. The maximum absolute atomic E-state index is 4.43. The number of hydrogen-bond acceptors (Lipinski definition) is 6. The van der Waals surface area contributed by atoms with Gasteiger partial charge in [0.05, 0.1) is 0 Å². The standard InChI is InChI=1S/C12H11N5S2/c1-2-4-8-7(3-1)9-10(18-8)13-5-14-11(9)19-12-15-6-16-17-12/h5-6H,1-4H2,(H,15,16,17). The van der Waals surface area contributed by atoms with Crippen LogP contribution >= 0.6 is 23.1 Å². The molecule has 7 heteroatoms. The third-order valence-corrected chi connectivity index (χ3v) is 5.40. The zero-order chi connectivity index (χ0) is 12.7. The summed E-state index contributed by atoms with van der Waals surface area (Å²) >= 11 is 3.34. The van der Waals surface area contributed by atoms with Crippen molar-refractivity contribution in [1.82, 2.24) is 25.1 Å². The number of nitrogens with zero attached hydrogens (tertiary/aromatic N) is 4. The van der Waals surface area contributed by atoms with Crippen molar-refractivity contribution in [1.29, 1.82) is 0 Å². The van der Waals surface area contributed by atoms with Gasteiger partial charge in [0.25, 0.3) is 0 Å². The summed E-state index contributed by atoms with van der Waals surface area (Å²) in [5, 5.41) is 9.73. The minimum atomic E-state index is 0.774. The van der Waals surface area contributed by atoms with Gasteiger partial charge in [0.15, 0.2) is 5.16 Å². The van der Waals surface area contributed by atoms with Gasteiger partial charge >= 0.3 is 0 Å². The van der Waals surface area contributed by atoms with Crippen LogP contribution in [0.1, 0.15) is 23.3 Å². The zero-order valence-corrected chi connectivity index (χ0v) is 11.7. The van der Waals surface area contributed by atoms with Crippen molar-refractivity contribution in [3.63, 3.8) is 0 Å². The fraction of sp³-hybridized carbons (Fsp3) is 0.333. The fourth-order valence-corrected chi connectivity index (χ4v) is 4.57. The zero-order valence-electron chi connectivity index (χ0n) is 10.1. The Morgan fingerprint density at radius 3 is 2.95 bits per heavy atom. The smallest absolute Gasteiger partial charge is 0.189 e. The molecule has 3 heterocycles. The first-order valence-corrected chi connectivity index (χ1v) is 7.83. The van der Waals surface area contributed by atoms with Crippen molar-refractivity contribution in [3.8, 4) is 0 Å². The Hall–Kier alpha value is -1.47. The molecule has 4 rings (SSSR count). The molecule has 0 radical (unpaired) electrons. The summed E-state index contributed by atoms with van der Waals surface area (Å²) < 4.78 is 0. The van der Waals surface area contributed by atoms with E-state index in [0.717, 1.165) is 21.4 Å². The molecule has 0 unspecified atom stereocenters. The van der Waals surface area contributed by atoms with E-state index in [1.54, 1.807) is 6.33 Å². The molecule has 19 heavy (non-hydrogen) atoms. The van der Waals surface area contributed by atoms with Gasteiger partial charge in [-0.25, -0.2) is 15.0 Å². The predicted octanol–water partition coefficient (Wildman–Crippen LogP) is 2.84. The number of hydrogen-bond donors (Lipinski definition) is 1. The quantitative estimate of drug-likeness (QED) is 0.735. The van der Waals surface area contributed by atoms with E-state index < -0.39 is 0 Å². The van der Waals surface area contributed by atoms with Crippen LogP contribution in [0.25, 0.3) is 10.2 Å². The van der Waals surface area contributed by atoms with E-state index in [9.17, 15) is 0 Å². The topological polar surface area (TPSA) is 67.3 Å². The monoisotopic (exact) mass is 289 g/mol. The molecule has 1 aliphatic rings. The van der Waals surface area contributed by atoms with Crippen LogP contribution in [-0.4, -0.2) is 25.1 Å². The van der Waals surface area contributed by atoms with E-state index in [4.69, 9.17) is 0 Å². The average Bonchev–Trinajstić information content (AvgIpc) is 3.05. The molecule has 1 N–H and O–H groups in total. The second-order valence-corrected chi connectivity index (χ2v) is 6.52. The van der Waals surface area contributed by atoms with Gasteiger partial charge in [-0.2, -0.15) is 5.10 Å². The van der Waals surface area contributed by atoms with E-state index >= 15 is 0 Å². The van der Waals surface area contributed by atoms with Gasteiger partial charge in [0.2, 0.25) is 0 Å². The minimum Gasteiger partial charge on any atom is -0.254 e. The Labute approximate surface area is 117 Å². The third kappa shape index (κ3) is 1.93. The molecule has 3 aromatic rings. The Balaban J connectivity index is 1.88. The summed E-state index contributed by atoms with van der Waals surface area (Å²) in [4.78, 5) is 15.6. The molecule has 96 valence electrons. The van der Waals surface area contributed by atoms with E-state index in [1.807, 2.05) is 11.3 Å². The number of fused-ring (bicyclic) bond motifs is 3. The van der Waals surface area contributed by atoms with Crippen molar-refractivity contribution >= 4 is 33.3 Å². The number of nitrogens with one attached hydrogen (secondary N) is 1. The maximum atomic E-state index is 4.43. The highest BCUT2D eigenvalue weighted by atomic mass is 32.2. The first kappa shape index (κ1) is 11.4. The summed E-state index contributed by atoms with van der Waals surface area (Å²) in [6.45, 7) is 0.